The van der Waals surface area contributed by atoms with Gasteiger partial charge in [0.25, 0.3) is 5.91 Å². The number of rotatable bonds is 2. The number of nitrogens with zero attached hydrogens (tertiary/aromatic N) is 2. The first-order chi connectivity index (χ1) is 10.4. The van der Waals surface area contributed by atoms with Crippen molar-refractivity contribution in [2.75, 3.05) is 19.7 Å². The van der Waals surface area contributed by atoms with E-state index >= 15 is 0 Å². The summed E-state index contributed by atoms with van der Waals surface area (Å²) in [6.07, 6.45) is -0.113. The van der Waals surface area contributed by atoms with Crippen molar-refractivity contribution in [3.63, 3.8) is 0 Å². The topological polar surface area (TPSA) is 42.4 Å². The van der Waals surface area contributed by atoms with Crippen molar-refractivity contribution in [1.29, 1.82) is 0 Å². The summed E-state index contributed by atoms with van der Waals surface area (Å²) in [6, 6.07) is 1.87. The molecule has 1 unspecified atom stereocenters. The van der Waals surface area contributed by atoms with Crippen LogP contribution in [0.1, 0.15) is 47.9 Å². The highest BCUT2D eigenvalue weighted by molar-refractivity contribution is 7.09. The second-order valence-corrected chi connectivity index (χ2v) is 8.11. The molecule has 2 aromatic heterocycles. The molecule has 0 aliphatic carbocycles. The Bertz CT molecular complexity index is 643. The highest BCUT2D eigenvalue weighted by Gasteiger charge is 2.29. The van der Waals surface area contributed by atoms with Gasteiger partial charge in [-0.25, -0.2) is 4.98 Å². The average Bonchev–Trinajstić information content (AvgIpc) is 3.17. The molecule has 118 valence electrons. The van der Waals surface area contributed by atoms with Gasteiger partial charge in [0.15, 0.2) is 0 Å². The summed E-state index contributed by atoms with van der Waals surface area (Å²) in [5.41, 5.74) is 1.88. The van der Waals surface area contributed by atoms with Gasteiger partial charge in [0, 0.05) is 22.7 Å². The molecule has 1 amide bonds. The van der Waals surface area contributed by atoms with Crippen molar-refractivity contribution in [2.45, 2.75) is 32.3 Å². The molecular formula is C16H20N2O2S2. The number of carbonyl (C=O) groups excluding carboxylic acids is 1. The Morgan fingerprint density at radius 1 is 1.41 bits per heavy atom. The third kappa shape index (κ3) is 3.24. The van der Waals surface area contributed by atoms with E-state index in [0.717, 1.165) is 16.3 Å². The molecule has 0 aromatic carbocycles. The van der Waals surface area contributed by atoms with Crippen molar-refractivity contribution in [1.82, 2.24) is 9.88 Å². The van der Waals surface area contributed by atoms with Gasteiger partial charge in [-0.1, -0.05) is 20.8 Å². The summed E-state index contributed by atoms with van der Waals surface area (Å²) in [7, 11) is 0. The van der Waals surface area contributed by atoms with Gasteiger partial charge in [-0.2, -0.15) is 11.3 Å². The van der Waals surface area contributed by atoms with Crippen molar-refractivity contribution in [3.05, 3.63) is 38.5 Å². The van der Waals surface area contributed by atoms with E-state index in [1.54, 1.807) is 22.7 Å². The minimum atomic E-state index is -0.113. The lowest BCUT2D eigenvalue weighted by molar-refractivity contribution is -0.0229. The number of thiophene rings is 1. The number of hydrogen-bond donors (Lipinski definition) is 0. The van der Waals surface area contributed by atoms with Crippen LogP contribution < -0.4 is 0 Å². The van der Waals surface area contributed by atoms with Crippen molar-refractivity contribution < 1.29 is 9.53 Å². The lowest BCUT2D eigenvalue weighted by Gasteiger charge is -2.32. The maximum absolute atomic E-state index is 12.5. The Labute approximate surface area is 138 Å². The smallest absolute Gasteiger partial charge is 0.254 e. The highest BCUT2D eigenvalue weighted by Crippen LogP contribution is 2.30. The Hall–Kier alpha value is -1.24. The molecule has 4 nitrogen and oxygen atoms in total. The predicted molar refractivity (Wildman–Crippen MR) is 89.7 cm³/mol. The fourth-order valence-corrected chi connectivity index (χ4v) is 4.05. The molecule has 1 fully saturated rings. The van der Waals surface area contributed by atoms with Crippen LogP contribution in [0.2, 0.25) is 0 Å². The summed E-state index contributed by atoms with van der Waals surface area (Å²) in [6.45, 7) is 8.24. The van der Waals surface area contributed by atoms with Crippen LogP contribution in [0.15, 0.2) is 22.2 Å². The second-order valence-electron chi connectivity index (χ2n) is 6.44. The lowest BCUT2D eigenvalue weighted by atomic mass is 9.93. The monoisotopic (exact) mass is 336 g/mol. The summed E-state index contributed by atoms with van der Waals surface area (Å²) in [4.78, 5) is 19.1. The standard InChI is InChI=1S/C16H20N2O2S2/c1-16(2,3)13-10-22-14(17-13)12-8-18(5-6-20-12)15(19)11-4-7-21-9-11/h4,7,9-10,12H,5-6,8H2,1-3H3. The van der Waals surface area contributed by atoms with Gasteiger partial charge in [0.2, 0.25) is 0 Å². The number of morpholine rings is 1. The summed E-state index contributed by atoms with van der Waals surface area (Å²) < 4.78 is 5.84. The number of amides is 1. The number of carbonyl (C=O) groups is 1. The molecular weight excluding hydrogens is 316 g/mol. The number of ether oxygens (including phenoxy) is 1. The average molecular weight is 336 g/mol. The molecule has 22 heavy (non-hydrogen) atoms. The SMILES string of the molecule is CC(C)(C)c1csc(C2CN(C(=O)c3ccsc3)CCO2)n1. The summed E-state index contributed by atoms with van der Waals surface area (Å²) in [5, 5.41) is 6.89. The minimum absolute atomic E-state index is 0.0373. The fourth-order valence-electron chi connectivity index (χ4n) is 2.33. The molecule has 1 atom stereocenters. The van der Waals surface area contributed by atoms with Crippen molar-refractivity contribution in [2.24, 2.45) is 0 Å². The first kappa shape index (κ1) is 15.6. The van der Waals surface area contributed by atoms with Crippen LogP contribution >= 0.6 is 22.7 Å². The zero-order chi connectivity index (χ0) is 15.7. The Kier molecular flexibility index (Phi) is 4.34. The molecule has 0 bridgehead atoms. The molecule has 0 spiro atoms. The van der Waals surface area contributed by atoms with Gasteiger partial charge < -0.3 is 9.64 Å². The molecule has 0 radical (unpaired) electrons. The number of aromatic nitrogens is 1. The predicted octanol–water partition coefficient (Wildman–Crippen LogP) is 3.72. The number of thiazole rings is 1. The fraction of sp³-hybridized carbons (Fsp3) is 0.500. The van der Waals surface area contributed by atoms with Crippen LogP contribution in [-0.2, 0) is 10.2 Å². The largest absolute Gasteiger partial charge is 0.367 e. The van der Waals surface area contributed by atoms with E-state index in [1.807, 2.05) is 21.7 Å². The quantitative estimate of drug-likeness (QED) is 0.839. The normalized spacial score (nSPS) is 19.4. The van der Waals surface area contributed by atoms with Crippen LogP contribution in [-0.4, -0.2) is 35.5 Å². The van der Waals surface area contributed by atoms with E-state index in [-0.39, 0.29) is 17.4 Å². The molecule has 6 heteroatoms. The van der Waals surface area contributed by atoms with Gasteiger partial charge in [0.05, 0.1) is 24.4 Å². The van der Waals surface area contributed by atoms with Crippen LogP contribution in [0.25, 0.3) is 0 Å². The summed E-state index contributed by atoms with van der Waals surface area (Å²) >= 11 is 3.17. The van der Waals surface area contributed by atoms with E-state index in [0.29, 0.717) is 19.7 Å². The van der Waals surface area contributed by atoms with Crippen LogP contribution in [0.5, 0.6) is 0 Å². The van der Waals surface area contributed by atoms with Crippen LogP contribution in [0, 0.1) is 0 Å². The molecule has 1 saturated heterocycles. The van der Waals surface area contributed by atoms with Gasteiger partial charge in [-0.15, -0.1) is 11.3 Å². The Balaban J connectivity index is 1.73. The van der Waals surface area contributed by atoms with Crippen molar-refractivity contribution in [3.8, 4) is 0 Å². The van der Waals surface area contributed by atoms with E-state index in [1.165, 1.54) is 0 Å². The third-order valence-corrected chi connectivity index (χ3v) is 5.31. The Morgan fingerprint density at radius 3 is 2.86 bits per heavy atom. The number of hydrogen-bond acceptors (Lipinski definition) is 5. The zero-order valence-corrected chi connectivity index (χ0v) is 14.7. The van der Waals surface area contributed by atoms with Gasteiger partial charge in [-0.05, 0) is 11.4 Å². The lowest BCUT2D eigenvalue weighted by Crippen LogP contribution is -2.42. The maximum atomic E-state index is 12.5. The van der Waals surface area contributed by atoms with Crippen LogP contribution in [0.4, 0.5) is 0 Å². The van der Waals surface area contributed by atoms with Gasteiger partial charge in [0.1, 0.15) is 11.1 Å². The third-order valence-electron chi connectivity index (χ3n) is 3.69. The molecule has 1 aliphatic heterocycles. The second kappa shape index (κ2) is 6.10. The van der Waals surface area contributed by atoms with Gasteiger partial charge in [-0.3, -0.25) is 4.79 Å². The van der Waals surface area contributed by atoms with Gasteiger partial charge >= 0.3 is 0 Å². The van der Waals surface area contributed by atoms with E-state index < -0.39 is 0 Å². The Morgan fingerprint density at radius 2 is 2.23 bits per heavy atom. The molecule has 3 rings (SSSR count). The van der Waals surface area contributed by atoms with Crippen LogP contribution in [0.3, 0.4) is 0 Å². The minimum Gasteiger partial charge on any atom is -0.367 e. The molecule has 2 aromatic rings. The molecule has 0 N–H and O–H groups in total. The first-order valence-electron chi connectivity index (χ1n) is 7.34. The van der Waals surface area contributed by atoms with E-state index in [9.17, 15) is 4.79 Å². The summed E-state index contributed by atoms with van der Waals surface area (Å²) in [5.74, 6) is 0.0853. The molecule has 3 heterocycles. The highest BCUT2D eigenvalue weighted by atomic mass is 32.1. The zero-order valence-electron chi connectivity index (χ0n) is 13.0. The molecule has 1 aliphatic rings. The molecule has 0 saturated carbocycles. The van der Waals surface area contributed by atoms with E-state index in [2.05, 4.69) is 26.2 Å². The maximum Gasteiger partial charge on any atom is 0.254 e. The van der Waals surface area contributed by atoms with Crippen molar-refractivity contribution >= 4 is 28.6 Å². The van der Waals surface area contributed by atoms with E-state index in [4.69, 9.17) is 9.72 Å². The first-order valence-corrected chi connectivity index (χ1v) is 9.16.